The van der Waals surface area contributed by atoms with Crippen LogP contribution in [0.4, 0.5) is 4.39 Å². The van der Waals surface area contributed by atoms with Crippen LogP contribution in [0.5, 0.6) is 0 Å². The molecule has 0 spiro atoms. The molecule has 0 aliphatic carbocycles. The van der Waals surface area contributed by atoms with Crippen LogP contribution in [0, 0.1) is 5.92 Å². The van der Waals surface area contributed by atoms with Crippen LogP contribution in [0.2, 0.25) is 0 Å². The topological polar surface area (TPSA) is 59.1 Å². The van der Waals surface area contributed by atoms with E-state index in [0.717, 1.165) is 103 Å². The van der Waals surface area contributed by atoms with Crippen molar-refractivity contribution in [3.63, 3.8) is 0 Å². The van der Waals surface area contributed by atoms with Crippen molar-refractivity contribution >= 4 is 11.9 Å². The Morgan fingerprint density at radius 2 is 0.862 bits per heavy atom. The van der Waals surface area contributed by atoms with Crippen LogP contribution in [0.15, 0.2) is 0 Å². The van der Waals surface area contributed by atoms with Crippen molar-refractivity contribution in [1.29, 1.82) is 0 Å². The lowest BCUT2D eigenvalue weighted by Crippen LogP contribution is -2.41. The van der Waals surface area contributed by atoms with Crippen LogP contribution in [-0.2, 0) is 19.2 Å². The lowest BCUT2D eigenvalue weighted by atomic mass is 9.90. The summed E-state index contributed by atoms with van der Waals surface area (Å²) in [7, 11) is 4.13. The Balaban J connectivity index is 4.96. The van der Waals surface area contributed by atoms with Gasteiger partial charge in [-0.1, -0.05) is 220 Å². The lowest BCUT2D eigenvalue weighted by molar-refractivity contribution is -0.203. The maximum atomic E-state index is 15.1. The molecule has 1 amide bonds. The van der Waals surface area contributed by atoms with Gasteiger partial charge in [0.25, 0.3) is 0 Å². The van der Waals surface area contributed by atoms with Gasteiger partial charge in [0.05, 0.1) is 19.3 Å². The van der Waals surface area contributed by atoms with E-state index in [2.05, 4.69) is 46.7 Å². The number of hydrogen-bond donors (Lipinski definition) is 0. The largest absolute Gasteiger partial charge is 0.464 e. The molecule has 0 aliphatic heterocycles. The minimum atomic E-state index is -1.50. The fourth-order valence-corrected chi connectivity index (χ4v) is 8.27. The van der Waals surface area contributed by atoms with Crippen LogP contribution < -0.4 is 0 Å². The van der Waals surface area contributed by atoms with Gasteiger partial charge in [0, 0.05) is 6.42 Å². The van der Waals surface area contributed by atoms with E-state index in [1.54, 1.807) is 0 Å². The molecule has 0 radical (unpaired) electrons. The summed E-state index contributed by atoms with van der Waals surface area (Å²) < 4.78 is 20.6. The SMILES string of the molecule is CCCCCCCCCCON(C(=O)CCCN(C)C)C(CCCCCCCCC)CCCCCCCOC(=O)C(F)CC(CCCCCC)CCCCCCCC. The highest BCUT2D eigenvalue weighted by Gasteiger charge is 2.25. The number of alkyl halides is 1. The molecule has 3 unspecified atom stereocenters. The highest BCUT2D eigenvalue weighted by atomic mass is 19.1. The number of rotatable bonds is 46. The van der Waals surface area contributed by atoms with E-state index in [1.807, 2.05) is 5.06 Å². The van der Waals surface area contributed by atoms with Gasteiger partial charge >= 0.3 is 5.97 Å². The maximum Gasteiger partial charge on any atom is 0.340 e. The summed E-state index contributed by atoms with van der Waals surface area (Å²) in [6.45, 7) is 10.8. The quantitative estimate of drug-likeness (QED) is 0.0348. The zero-order chi connectivity index (χ0) is 42.7. The van der Waals surface area contributed by atoms with Gasteiger partial charge in [-0.3, -0.25) is 9.63 Å². The van der Waals surface area contributed by atoms with Crippen molar-refractivity contribution < 1.29 is 23.6 Å². The van der Waals surface area contributed by atoms with E-state index in [-0.39, 0.29) is 17.9 Å². The summed E-state index contributed by atoms with van der Waals surface area (Å²) in [6, 6.07) is 0.121. The standard InChI is InChI=1S/C51H101FN2O4/c1-7-11-15-19-22-24-30-36-45-58-54(50(55)42-37-43-53(5)6)48(40-33-27-23-20-16-12-8-2)41-34-28-25-29-35-44-57-51(56)49(52)46-47(38-31-18-14-10-4)39-32-26-21-17-13-9-3/h47-49H,7-46H2,1-6H3. The van der Waals surface area contributed by atoms with Gasteiger partial charge in [0.2, 0.25) is 5.91 Å². The highest BCUT2D eigenvalue weighted by Crippen LogP contribution is 2.26. The van der Waals surface area contributed by atoms with Crippen LogP contribution in [0.3, 0.4) is 0 Å². The molecule has 0 aromatic rings. The number of halogens is 1. The number of ether oxygens (including phenoxy) is 1. The Morgan fingerprint density at radius 3 is 1.31 bits per heavy atom. The molecule has 0 fully saturated rings. The van der Waals surface area contributed by atoms with Crippen molar-refractivity contribution in [2.75, 3.05) is 33.9 Å². The molecule has 58 heavy (non-hydrogen) atoms. The monoisotopic (exact) mass is 825 g/mol. The van der Waals surface area contributed by atoms with E-state index in [1.165, 1.54) is 128 Å². The second kappa shape index (κ2) is 43.9. The molecule has 0 heterocycles. The number of hydroxylamine groups is 2. The first-order chi connectivity index (χ1) is 28.3. The van der Waals surface area contributed by atoms with Crippen LogP contribution >= 0.6 is 0 Å². The molecule has 0 bridgehead atoms. The number of hydrogen-bond acceptors (Lipinski definition) is 5. The molecule has 346 valence electrons. The lowest BCUT2D eigenvalue weighted by Gasteiger charge is -2.31. The van der Waals surface area contributed by atoms with Crippen molar-refractivity contribution in [2.24, 2.45) is 5.92 Å². The summed E-state index contributed by atoms with van der Waals surface area (Å²) in [5, 5.41) is 1.82. The average Bonchev–Trinajstić information content (AvgIpc) is 3.21. The molecule has 0 N–H and O–H groups in total. The first-order valence-corrected chi connectivity index (χ1v) is 25.7. The first-order valence-electron chi connectivity index (χ1n) is 25.7. The smallest absolute Gasteiger partial charge is 0.340 e. The Hall–Kier alpha value is -1.21. The van der Waals surface area contributed by atoms with Gasteiger partial charge in [0.15, 0.2) is 6.17 Å². The van der Waals surface area contributed by atoms with E-state index in [0.29, 0.717) is 26.1 Å². The highest BCUT2D eigenvalue weighted by molar-refractivity contribution is 5.75. The van der Waals surface area contributed by atoms with Gasteiger partial charge in [0.1, 0.15) is 0 Å². The zero-order valence-electron chi connectivity index (χ0n) is 39.9. The van der Waals surface area contributed by atoms with Crippen LogP contribution in [0.25, 0.3) is 0 Å². The Morgan fingerprint density at radius 1 is 0.483 bits per heavy atom. The molecule has 0 aromatic carbocycles. The Bertz CT molecular complexity index is 873. The number of nitrogens with zero attached hydrogens (tertiary/aromatic N) is 2. The molecule has 0 saturated heterocycles. The number of carbonyl (C=O) groups is 2. The minimum Gasteiger partial charge on any atom is -0.464 e. The average molecular weight is 825 g/mol. The molecule has 0 aromatic heterocycles. The molecule has 0 saturated carbocycles. The van der Waals surface area contributed by atoms with Crippen molar-refractivity contribution in [2.45, 2.75) is 277 Å². The second-order valence-electron chi connectivity index (χ2n) is 18.2. The van der Waals surface area contributed by atoms with Gasteiger partial charge in [-0.2, -0.15) is 0 Å². The predicted molar refractivity (Wildman–Crippen MR) is 248 cm³/mol. The van der Waals surface area contributed by atoms with Crippen molar-refractivity contribution in [1.82, 2.24) is 9.96 Å². The fraction of sp³-hybridized carbons (Fsp3) is 0.961. The Labute approximate surface area is 361 Å². The van der Waals surface area contributed by atoms with Crippen LogP contribution in [0.1, 0.15) is 265 Å². The summed E-state index contributed by atoms with van der Waals surface area (Å²) in [5.41, 5.74) is 0. The molecule has 3 atom stereocenters. The van der Waals surface area contributed by atoms with Crippen molar-refractivity contribution in [3.8, 4) is 0 Å². The van der Waals surface area contributed by atoms with Gasteiger partial charge in [-0.15, -0.1) is 0 Å². The minimum absolute atomic E-state index is 0.121. The number of amides is 1. The van der Waals surface area contributed by atoms with Crippen molar-refractivity contribution in [3.05, 3.63) is 0 Å². The molecular weight excluding hydrogens is 724 g/mol. The van der Waals surface area contributed by atoms with E-state index < -0.39 is 12.1 Å². The summed E-state index contributed by atoms with van der Waals surface area (Å²) >= 11 is 0. The number of carbonyl (C=O) groups excluding carboxylic acids is 2. The van der Waals surface area contributed by atoms with E-state index in [4.69, 9.17) is 9.57 Å². The van der Waals surface area contributed by atoms with Gasteiger partial charge in [-0.25, -0.2) is 14.2 Å². The summed E-state index contributed by atoms with van der Waals surface area (Å²) in [4.78, 5) is 34.9. The van der Waals surface area contributed by atoms with E-state index in [9.17, 15) is 9.59 Å². The fourth-order valence-electron chi connectivity index (χ4n) is 8.27. The predicted octanol–water partition coefficient (Wildman–Crippen LogP) is 15.7. The molecule has 0 aliphatic rings. The normalized spacial score (nSPS) is 13.2. The maximum absolute atomic E-state index is 15.1. The number of esters is 1. The third-order valence-electron chi connectivity index (χ3n) is 12.1. The van der Waals surface area contributed by atoms with E-state index >= 15 is 4.39 Å². The summed E-state index contributed by atoms with van der Waals surface area (Å²) in [5.74, 6) is -0.232. The molecule has 0 rings (SSSR count). The Kier molecular flexibility index (Phi) is 43.0. The third-order valence-corrected chi connectivity index (χ3v) is 12.1. The number of unbranched alkanes of at least 4 members (excludes halogenated alkanes) is 25. The van der Waals surface area contributed by atoms with Gasteiger partial charge in [-0.05, 0) is 65.1 Å². The molecule has 6 nitrogen and oxygen atoms in total. The third kappa shape index (κ3) is 36.6. The van der Waals surface area contributed by atoms with Gasteiger partial charge < -0.3 is 9.64 Å². The second-order valence-corrected chi connectivity index (χ2v) is 18.2. The molecule has 7 heteroatoms. The first kappa shape index (κ1) is 56.8. The molecular formula is C51H101FN2O4. The summed E-state index contributed by atoms with van der Waals surface area (Å²) in [6.07, 6.45) is 40.2. The zero-order valence-corrected chi connectivity index (χ0v) is 39.9. The van der Waals surface area contributed by atoms with Crippen LogP contribution in [-0.4, -0.2) is 67.9 Å².